The summed E-state index contributed by atoms with van der Waals surface area (Å²) in [6.45, 7) is 1.37. The highest BCUT2D eigenvalue weighted by Gasteiger charge is 2.10. The maximum atomic E-state index is 13.9. The van der Waals surface area contributed by atoms with E-state index >= 15 is 0 Å². The van der Waals surface area contributed by atoms with Gasteiger partial charge in [0, 0.05) is 26.2 Å². The number of rotatable bonds is 5. The van der Waals surface area contributed by atoms with E-state index in [0.29, 0.717) is 26.2 Å². The molecule has 120 valence electrons. The van der Waals surface area contributed by atoms with Gasteiger partial charge in [0.15, 0.2) is 5.78 Å². The third kappa shape index (κ3) is 5.23. The zero-order chi connectivity index (χ0) is 17.0. The maximum Gasteiger partial charge on any atom is 0.234 e. The number of halogens is 3. The first kappa shape index (κ1) is 17.8. The molecule has 2 aromatic rings. The van der Waals surface area contributed by atoms with Crippen LogP contribution in [0.25, 0.3) is 0 Å². The van der Waals surface area contributed by atoms with E-state index in [-0.39, 0.29) is 17.4 Å². The Kier molecular flexibility index (Phi) is 6.04. The summed E-state index contributed by atoms with van der Waals surface area (Å²) >= 11 is 12.7. The number of carbonyl (C=O) groups excluding carboxylic acids is 2. The van der Waals surface area contributed by atoms with Crippen molar-refractivity contribution in [2.75, 3.05) is 11.1 Å². The summed E-state index contributed by atoms with van der Waals surface area (Å²) in [7, 11) is 0. The summed E-state index contributed by atoms with van der Waals surface area (Å²) in [6, 6.07) is 8.87. The van der Waals surface area contributed by atoms with Crippen LogP contribution in [0.2, 0.25) is 10.0 Å². The first-order chi connectivity index (χ1) is 10.8. The third-order valence-corrected chi connectivity index (χ3v) is 4.33. The lowest BCUT2D eigenvalue weighted by molar-refractivity contribution is -0.113. The van der Waals surface area contributed by atoms with Gasteiger partial charge in [-0.3, -0.25) is 9.59 Å². The summed E-state index contributed by atoms with van der Waals surface area (Å²) in [4.78, 5) is 23.4. The molecule has 23 heavy (non-hydrogen) atoms. The molecule has 0 aromatic heterocycles. The summed E-state index contributed by atoms with van der Waals surface area (Å²) in [5.41, 5.74) is 0.769. The molecule has 0 aliphatic heterocycles. The molecule has 2 aromatic carbocycles. The zero-order valence-corrected chi connectivity index (χ0v) is 14.4. The number of ketones is 1. The number of thioether (sulfide) groups is 1. The van der Waals surface area contributed by atoms with Crippen molar-refractivity contribution in [3.63, 3.8) is 0 Å². The molecular weight excluding hydrogens is 360 g/mol. The van der Waals surface area contributed by atoms with E-state index in [1.807, 2.05) is 0 Å². The van der Waals surface area contributed by atoms with Crippen LogP contribution in [0.4, 0.5) is 10.1 Å². The SMILES string of the molecule is CC(=O)c1ccc(SCC(=O)Nc2cc(Cl)cc(Cl)c2)c(F)c1. The fourth-order valence-electron chi connectivity index (χ4n) is 1.80. The average Bonchev–Trinajstić information content (AvgIpc) is 2.44. The Morgan fingerprint density at radius 2 is 1.78 bits per heavy atom. The van der Waals surface area contributed by atoms with Gasteiger partial charge in [0.2, 0.25) is 5.91 Å². The van der Waals surface area contributed by atoms with Gasteiger partial charge >= 0.3 is 0 Å². The molecule has 0 unspecified atom stereocenters. The second-order valence-electron chi connectivity index (χ2n) is 4.70. The highest BCUT2D eigenvalue weighted by Crippen LogP contribution is 2.25. The van der Waals surface area contributed by atoms with E-state index < -0.39 is 5.82 Å². The van der Waals surface area contributed by atoms with Crippen LogP contribution < -0.4 is 5.32 Å². The summed E-state index contributed by atoms with van der Waals surface area (Å²) in [6.07, 6.45) is 0. The first-order valence-electron chi connectivity index (χ1n) is 6.54. The molecule has 0 spiro atoms. The largest absolute Gasteiger partial charge is 0.325 e. The number of carbonyl (C=O) groups is 2. The fourth-order valence-corrected chi connectivity index (χ4v) is 3.05. The number of anilines is 1. The van der Waals surface area contributed by atoms with Crippen molar-refractivity contribution in [1.29, 1.82) is 0 Å². The lowest BCUT2D eigenvalue weighted by Gasteiger charge is -2.07. The molecule has 3 nitrogen and oxygen atoms in total. The van der Waals surface area contributed by atoms with Crippen molar-refractivity contribution in [3.05, 3.63) is 57.8 Å². The highest BCUT2D eigenvalue weighted by atomic mass is 35.5. The number of benzene rings is 2. The monoisotopic (exact) mass is 371 g/mol. The minimum Gasteiger partial charge on any atom is -0.325 e. The molecule has 0 radical (unpaired) electrons. The molecule has 1 amide bonds. The van der Waals surface area contributed by atoms with Crippen molar-refractivity contribution in [2.24, 2.45) is 0 Å². The van der Waals surface area contributed by atoms with Gasteiger partial charge in [-0.1, -0.05) is 29.3 Å². The molecule has 1 N–H and O–H groups in total. The van der Waals surface area contributed by atoms with Crippen LogP contribution in [-0.4, -0.2) is 17.4 Å². The number of amides is 1. The zero-order valence-electron chi connectivity index (χ0n) is 12.0. The number of hydrogen-bond acceptors (Lipinski definition) is 3. The standard InChI is InChI=1S/C16H12Cl2FNO2S/c1-9(21)10-2-3-15(14(19)4-10)23-8-16(22)20-13-6-11(17)5-12(18)7-13/h2-7H,8H2,1H3,(H,20,22). The third-order valence-electron chi connectivity index (χ3n) is 2.84. The predicted molar refractivity (Wildman–Crippen MR) is 92.2 cm³/mol. The Bertz CT molecular complexity index is 747. The van der Waals surface area contributed by atoms with Gasteiger partial charge in [-0.15, -0.1) is 11.8 Å². The van der Waals surface area contributed by atoms with E-state index in [9.17, 15) is 14.0 Å². The lowest BCUT2D eigenvalue weighted by Crippen LogP contribution is -2.14. The van der Waals surface area contributed by atoms with Crippen LogP contribution in [0, 0.1) is 5.82 Å². The summed E-state index contributed by atoms with van der Waals surface area (Å²) < 4.78 is 13.9. The molecule has 0 atom stereocenters. The van der Waals surface area contributed by atoms with E-state index in [1.54, 1.807) is 18.2 Å². The predicted octanol–water partition coefficient (Wildman–Crippen LogP) is 5.07. The second kappa shape index (κ2) is 7.81. The lowest BCUT2D eigenvalue weighted by atomic mass is 10.1. The van der Waals surface area contributed by atoms with Crippen LogP contribution in [-0.2, 0) is 4.79 Å². The van der Waals surface area contributed by atoms with Crippen molar-refractivity contribution >= 4 is 52.3 Å². The van der Waals surface area contributed by atoms with Gasteiger partial charge in [-0.2, -0.15) is 0 Å². The molecule has 2 rings (SSSR count). The normalized spacial score (nSPS) is 10.4. The van der Waals surface area contributed by atoms with Crippen LogP contribution in [0.3, 0.4) is 0 Å². The Labute approximate surface area is 147 Å². The van der Waals surface area contributed by atoms with Gasteiger partial charge in [-0.05, 0) is 37.3 Å². The van der Waals surface area contributed by atoms with Gasteiger partial charge in [0.05, 0.1) is 5.75 Å². The van der Waals surface area contributed by atoms with Gasteiger partial charge in [0.1, 0.15) is 5.82 Å². The van der Waals surface area contributed by atoms with E-state index in [0.717, 1.165) is 11.8 Å². The Hall–Kier alpha value is -1.56. The van der Waals surface area contributed by atoms with Crippen LogP contribution >= 0.6 is 35.0 Å². The molecule has 0 heterocycles. The maximum absolute atomic E-state index is 13.9. The number of hydrogen-bond donors (Lipinski definition) is 1. The molecule has 0 saturated heterocycles. The quantitative estimate of drug-likeness (QED) is 0.589. The van der Waals surface area contributed by atoms with Gasteiger partial charge in [0.25, 0.3) is 0 Å². The molecule has 0 saturated carbocycles. The van der Waals surface area contributed by atoms with Crippen LogP contribution in [0.15, 0.2) is 41.3 Å². The van der Waals surface area contributed by atoms with E-state index in [4.69, 9.17) is 23.2 Å². The minimum absolute atomic E-state index is 0.0144. The highest BCUT2D eigenvalue weighted by molar-refractivity contribution is 8.00. The van der Waals surface area contributed by atoms with Crippen molar-refractivity contribution in [2.45, 2.75) is 11.8 Å². The smallest absolute Gasteiger partial charge is 0.234 e. The molecule has 0 aliphatic carbocycles. The van der Waals surface area contributed by atoms with E-state index in [2.05, 4.69) is 5.32 Å². The number of Topliss-reactive ketones (excluding diaryl/α,β-unsaturated/α-hetero) is 1. The van der Waals surface area contributed by atoms with E-state index in [1.165, 1.54) is 25.1 Å². The fraction of sp³-hybridized carbons (Fsp3) is 0.125. The second-order valence-corrected chi connectivity index (χ2v) is 6.59. The Morgan fingerprint density at radius 3 is 2.35 bits per heavy atom. The topological polar surface area (TPSA) is 46.2 Å². The van der Waals surface area contributed by atoms with Crippen molar-refractivity contribution in [3.8, 4) is 0 Å². The molecular formula is C16H12Cl2FNO2S. The molecule has 7 heteroatoms. The number of nitrogens with one attached hydrogen (secondary N) is 1. The van der Waals surface area contributed by atoms with Gasteiger partial charge in [-0.25, -0.2) is 4.39 Å². The van der Waals surface area contributed by atoms with Gasteiger partial charge < -0.3 is 5.32 Å². The van der Waals surface area contributed by atoms with Crippen LogP contribution in [0.5, 0.6) is 0 Å². The Morgan fingerprint density at radius 1 is 1.13 bits per heavy atom. The minimum atomic E-state index is -0.527. The first-order valence-corrected chi connectivity index (χ1v) is 8.28. The van der Waals surface area contributed by atoms with Crippen molar-refractivity contribution < 1.29 is 14.0 Å². The average molecular weight is 372 g/mol. The molecule has 0 aliphatic rings. The van der Waals surface area contributed by atoms with Crippen LogP contribution in [0.1, 0.15) is 17.3 Å². The molecule has 0 fully saturated rings. The summed E-state index contributed by atoms with van der Waals surface area (Å²) in [5.74, 6) is -1.04. The Balaban J connectivity index is 1.98. The summed E-state index contributed by atoms with van der Waals surface area (Å²) in [5, 5.41) is 3.45. The molecule has 0 bridgehead atoms. The van der Waals surface area contributed by atoms with Crippen molar-refractivity contribution in [1.82, 2.24) is 0 Å².